The fourth-order valence-corrected chi connectivity index (χ4v) is 2.71. The van der Waals surface area contributed by atoms with Crippen LogP contribution in [0.3, 0.4) is 0 Å². The van der Waals surface area contributed by atoms with Gasteiger partial charge in [0, 0.05) is 6.92 Å². The van der Waals surface area contributed by atoms with Crippen molar-refractivity contribution in [2.75, 3.05) is 0 Å². The van der Waals surface area contributed by atoms with E-state index >= 15 is 0 Å². The number of aliphatic hydroxyl groups excluding tert-OH is 1. The summed E-state index contributed by atoms with van der Waals surface area (Å²) in [6, 6.07) is 15.8. The van der Waals surface area contributed by atoms with Crippen molar-refractivity contribution in [3.05, 3.63) is 70.8 Å². The van der Waals surface area contributed by atoms with E-state index < -0.39 is 18.2 Å². The molecule has 0 amide bonds. The minimum absolute atomic E-state index is 0.396. The number of esters is 1. The summed E-state index contributed by atoms with van der Waals surface area (Å²) in [5.41, 5.74) is 4.04. The van der Waals surface area contributed by atoms with Crippen molar-refractivity contribution in [1.29, 1.82) is 0 Å². The summed E-state index contributed by atoms with van der Waals surface area (Å²) in [7, 11) is 0. The molecule has 1 N–H and O–H groups in total. The minimum Gasteiger partial charge on any atom is -0.455 e. The molecule has 2 aromatic carbocycles. The van der Waals surface area contributed by atoms with Crippen molar-refractivity contribution >= 4 is 5.97 Å². The molecule has 0 spiro atoms. The summed E-state index contributed by atoms with van der Waals surface area (Å²) in [5.74, 6) is -0.396. The number of ether oxygens (including phenoxy) is 1. The molecule has 0 aromatic heterocycles. The zero-order chi connectivity index (χ0) is 14.8. The Morgan fingerprint density at radius 1 is 0.952 bits per heavy atom. The van der Waals surface area contributed by atoms with Crippen molar-refractivity contribution in [3.8, 4) is 0 Å². The van der Waals surface area contributed by atoms with E-state index in [4.69, 9.17) is 4.74 Å². The van der Waals surface area contributed by atoms with Gasteiger partial charge < -0.3 is 9.84 Å². The van der Waals surface area contributed by atoms with E-state index in [1.807, 2.05) is 48.5 Å². The molecule has 2 unspecified atom stereocenters. The summed E-state index contributed by atoms with van der Waals surface area (Å²) >= 11 is 0. The molecule has 0 aliphatic heterocycles. The van der Waals surface area contributed by atoms with Crippen molar-refractivity contribution < 1.29 is 14.6 Å². The number of aryl methyl sites for hydroxylation is 2. The van der Waals surface area contributed by atoms with Gasteiger partial charge in [0.15, 0.2) is 6.10 Å². The van der Waals surface area contributed by atoms with Crippen LogP contribution in [-0.2, 0) is 22.4 Å². The van der Waals surface area contributed by atoms with E-state index in [1.54, 1.807) is 0 Å². The largest absolute Gasteiger partial charge is 0.455 e. The first-order valence-electron chi connectivity index (χ1n) is 7.16. The van der Waals surface area contributed by atoms with Crippen LogP contribution in [-0.4, -0.2) is 11.1 Å². The van der Waals surface area contributed by atoms with Crippen LogP contribution in [0.5, 0.6) is 0 Å². The first-order chi connectivity index (χ1) is 10.1. The number of carbonyl (C=O) groups excluding carboxylic acids is 1. The van der Waals surface area contributed by atoms with Crippen LogP contribution >= 0.6 is 0 Å². The fraction of sp³-hybridized carbons (Fsp3) is 0.278. The van der Waals surface area contributed by atoms with Crippen LogP contribution in [0.4, 0.5) is 0 Å². The second kappa shape index (κ2) is 5.70. The maximum atomic E-state index is 11.4. The van der Waals surface area contributed by atoms with Crippen LogP contribution < -0.4 is 0 Å². The van der Waals surface area contributed by atoms with Gasteiger partial charge in [0.1, 0.15) is 6.10 Å². The number of benzene rings is 2. The topological polar surface area (TPSA) is 46.5 Å². The molecule has 21 heavy (non-hydrogen) atoms. The van der Waals surface area contributed by atoms with Crippen LogP contribution in [0, 0.1) is 0 Å². The molecule has 6 rings (SSSR count). The Kier molecular flexibility index (Phi) is 3.76. The molecule has 0 radical (unpaired) electrons. The highest BCUT2D eigenvalue weighted by Gasteiger charge is 2.26. The molecule has 108 valence electrons. The van der Waals surface area contributed by atoms with Gasteiger partial charge in [-0.1, -0.05) is 48.5 Å². The molecule has 4 aliphatic rings. The number of hydrogen-bond donors (Lipinski definition) is 1. The first-order valence-corrected chi connectivity index (χ1v) is 7.16. The fourth-order valence-electron chi connectivity index (χ4n) is 2.71. The number of carbonyl (C=O) groups is 1. The third-order valence-corrected chi connectivity index (χ3v) is 3.91. The number of hydrogen-bond acceptors (Lipinski definition) is 3. The van der Waals surface area contributed by atoms with E-state index in [9.17, 15) is 9.90 Å². The Bertz CT molecular complexity index is 629. The van der Waals surface area contributed by atoms with Gasteiger partial charge in [-0.05, 0) is 35.1 Å². The van der Waals surface area contributed by atoms with Gasteiger partial charge in [-0.25, -0.2) is 0 Å². The van der Waals surface area contributed by atoms with Crippen LogP contribution in [0.1, 0.15) is 41.4 Å². The Morgan fingerprint density at radius 2 is 1.43 bits per heavy atom. The van der Waals surface area contributed by atoms with E-state index in [2.05, 4.69) is 0 Å². The van der Waals surface area contributed by atoms with Crippen molar-refractivity contribution in [2.24, 2.45) is 0 Å². The van der Waals surface area contributed by atoms with Gasteiger partial charge in [0.05, 0.1) is 0 Å². The van der Waals surface area contributed by atoms with E-state index in [-0.39, 0.29) is 0 Å². The SMILES string of the molecule is CC(=O)OC1c2ccc(cc2)CCc2ccc(cc2)C1O. The number of aliphatic hydroxyl groups is 1. The maximum absolute atomic E-state index is 11.4. The van der Waals surface area contributed by atoms with Gasteiger partial charge in [-0.15, -0.1) is 0 Å². The third-order valence-electron chi connectivity index (χ3n) is 3.91. The average molecular weight is 282 g/mol. The molecule has 3 nitrogen and oxygen atoms in total. The molecule has 2 atom stereocenters. The Balaban J connectivity index is 2.06. The van der Waals surface area contributed by atoms with E-state index in [1.165, 1.54) is 18.1 Å². The second-order valence-corrected chi connectivity index (χ2v) is 5.46. The third kappa shape index (κ3) is 2.98. The average Bonchev–Trinajstić information content (AvgIpc) is 2.50. The zero-order valence-electron chi connectivity index (χ0n) is 12.0. The highest BCUT2D eigenvalue weighted by atomic mass is 16.6. The molecule has 4 aliphatic carbocycles. The quantitative estimate of drug-likeness (QED) is 0.817. The van der Waals surface area contributed by atoms with E-state index in [0.29, 0.717) is 0 Å². The Labute approximate surface area is 124 Å². The zero-order valence-corrected chi connectivity index (χ0v) is 12.0. The Morgan fingerprint density at radius 3 is 1.90 bits per heavy atom. The van der Waals surface area contributed by atoms with Gasteiger partial charge >= 0.3 is 5.97 Å². The standard InChI is InChI=1S/C18H18O3/c1-12(19)21-18-16-10-6-14(7-11-16)3-2-13-4-8-15(9-5-13)17(18)20/h4-11,17-18,20H,2-3H2,1H3. The van der Waals surface area contributed by atoms with Gasteiger partial charge in [0.25, 0.3) is 0 Å². The molecule has 0 saturated heterocycles. The van der Waals surface area contributed by atoms with Crippen molar-refractivity contribution in [2.45, 2.75) is 32.0 Å². The van der Waals surface area contributed by atoms with E-state index in [0.717, 1.165) is 24.0 Å². The monoisotopic (exact) mass is 282 g/mol. The number of rotatable bonds is 1. The molecule has 2 aromatic rings. The summed E-state index contributed by atoms with van der Waals surface area (Å²) in [6.07, 6.45) is 0.402. The smallest absolute Gasteiger partial charge is 0.303 e. The summed E-state index contributed by atoms with van der Waals surface area (Å²) in [6.45, 7) is 1.36. The molecular weight excluding hydrogens is 264 g/mol. The molecule has 4 bridgehead atoms. The molecule has 3 heteroatoms. The lowest BCUT2D eigenvalue weighted by atomic mass is 9.93. The minimum atomic E-state index is -0.867. The first kappa shape index (κ1) is 13.8. The molecule has 0 saturated carbocycles. The van der Waals surface area contributed by atoms with Gasteiger partial charge in [-0.3, -0.25) is 4.79 Å². The normalized spacial score (nSPS) is 20.7. The lowest BCUT2D eigenvalue weighted by Crippen LogP contribution is -2.17. The summed E-state index contributed by atoms with van der Waals surface area (Å²) in [4.78, 5) is 11.4. The van der Waals surface area contributed by atoms with Crippen LogP contribution in [0.2, 0.25) is 0 Å². The highest BCUT2D eigenvalue weighted by molar-refractivity contribution is 5.66. The molecule has 0 fully saturated rings. The highest BCUT2D eigenvalue weighted by Crippen LogP contribution is 2.33. The summed E-state index contributed by atoms with van der Waals surface area (Å²) in [5, 5.41) is 10.6. The maximum Gasteiger partial charge on any atom is 0.303 e. The lowest BCUT2D eigenvalue weighted by molar-refractivity contribution is -0.153. The van der Waals surface area contributed by atoms with Gasteiger partial charge in [0.2, 0.25) is 0 Å². The molecular formula is C18H18O3. The lowest BCUT2D eigenvalue weighted by Gasteiger charge is -2.24. The van der Waals surface area contributed by atoms with Crippen molar-refractivity contribution in [3.63, 3.8) is 0 Å². The van der Waals surface area contributed by atoms with Gasteiger partial charge in [-0.2, -0.15) is 0 Å². The molecule has 0 heterocycles. The second-order valence-electron chi connectivity index (χ2n) is 5.46. The predicted molar refractivity (Wildman–Crippen MR) is 79.8 cm³/mol. The van der Waals surface area contributed by atoms with Crippen molar-refractivity contribution in [1.82, 2.24) is 0 Å². The predicted octanol–water partition coefficient (Wildman–Crippen LogP) is 3.12. The van der Waals surface area contributed by atoms with Crippen LogP contribution in [0.15, 0.2) is 48.5 Å². The van der Waals surface area contributed by atoms with Crippen LogP contribution in [0.25, 0.3) is 0 Å². The summed E-state index contributed by atoms with van der Waals surface area (Å²) < 4.78 is 5.35. The Hall–Kier alpha value is -2.13.